The molecule has 0 atom stereocenters. The number of amides is 1. The molecule has 0 aliphatic carbocycles. The van der Waals surface area contributed by atoms with E-state index >= 15 is 0 Å². The van der Waals surface area contributed by atoms with Crippen LogP contribution < -0.4 is 4.74 Å². The minimum absolute atomic E-state index is 0.127. The molecule has 3 aromatic rings. The lowest BCUT2D eigenvalue weighted by molar-refractivity contribution is -0.137. The van der Waals surface area contributed by atoms with E-state index in [1.54, 1.807) is 42.3 Å². The van der Waals surface area contributed by atoms with Crippen molar-refractivity contribution in [2.75, 3.05) is 26.9 Å². The van der Waals surface area contributed by atoms with E-state index in [1.165, 1.54) is 6.07 Å². The Morgan fingerprint density at radius 2 is 1.78 bits per heavy atom. The molecule has 0 fully saturated rings. The molecular formula is C28H33F3N2O3. The number of halogens is 3. The first-order valence-corrected chi connectivity index (χ1v) is 12.1. The lowest BCUT2D eigenvalue weighted by Gasteiger charge is -2.24. The third kappa shape index (κ3) is 7.88. The highest BCUT2D eigenvalue weighted by Crippen LogP contribution is 2.29. The number of nitrogens with zero attached hydrogens (tertiary/aromatic N) is 2. The van der Waals surface area contributed by atoms with Crippen molar-refractivity contribution in [3.05, 3.63) is 89.2 Å². The molecule has 3 rings (SSSR count). The summed E-state index contributed by atoms with van der Waals surface area (Å²) in [5, 5.41) is 0. The molecule has 1 heterocycles. The van der Waals surface area contributed by atoms with Crippen LogP contribution in [0.5, 0.6) is 5.75 Å². The SMILES string of the molecule is CCCCOc1ccc(C(=O)N(CCCOC)Cc2cccn2Cc2cccc(C(F)(F)F)c2)cc1. The lowest BCUT2D eigenvalue weighted by atomic mass is 10.1. The van der Waals surface area contributed by atoms with Crippen LogP contribution in [0.2, 0.25) is 0 Å². The fourth-order valence-electron chi connectivity index (χ4n) is 3.85. The molecule has 0 saturated carbocycles. The standard InChI is InChI=1S/C28H33F3N2O3/c1-3-4-18-36-26-13-11-23(12-14-26)27(34)33(16-7-17-35-2)21-25-10-6-15-32(25)20-22-8-5-9-24(19-22)28(29,30)31/h5-6,8-15,19H,3-4,7,16-18,20-21H2,1-2H3. The van der Waals surface area contributed by atoms with Crippen LogP contribution in [0.25, 0.3) is 0 Å². The number of ether oxygens (including phenoxy) is 2. The number of rotatable bonds is 13. The highest BCUT2D eigenvalue weighted by molar-refractivity contribution is 5.94. The van der Waals surface area contributed by atoms with Gasteiger partial charge in [0.1, 0.15) is 5.75 Å². The van der Waals surface area contributed by atoms with Crippen LogP contribution in [0, 0.1) is 0 Å². The zero-order chi connectivity index (χ0) is 26.0. The molecule has 0 aliphatic heterocycles. The smallest absolute Gasteiger partial charge is 0.416 e. The lowest BCUT2D eigenvalue weighted by Crippen LogP contribution is -2.33. The summed E-state index contributed by atoms with van der Waals surface area (Å²) in [5.41, 5.74) is 1.24. The Hall–Kier alpha value is -3.26. The number of methoxy groups -OCH3 is 1. The van der Waals surface area contributed by atoms with Gasteiger partial charge in [-0.25, -0.2) is 0 Å². The minimum Gasteiger partial charge on any atom is -0.494 e. The zero-order valence-corrected chi connectivity index (χ0v) is 20.8. The minimum atomic E-state index is -4.39. The maximum atomic E-state index is 13.4. The normalized spacial score (nSPS) is 11.5. The maximum Gasteiger partial charge on any atom is 0.416 e. The summed E-state index contributed by atoms with van der Waals surface area (Å²) in [5.74, 6) is 0.596. The third-order valence-corrected chi connectivity index (χ3v) is 5.82. The molecule has 0 spiro atoms. The predicted molar refractivity (Wildman–Crippen MR) is 133 cm³/mol. The molecule has 0 N–H and O–H groups in total. The number of alkyl halides is 3. The van der Waals surface area contributed by atoms with Gasteiger partial charge >= 0.3 is 6.18 Å². The Morgan fingerprint density at radius 1 is 1.00 bits per heavy atom. The first-order valence-electron chi connectivity index (χ1n) is 12.1. The molecule has 5 nitrogen and oxygen atoms in total. The second-order valence-electron chi connectivity index (χ2n) is 8.63. The average Bonchev–Trinajstić information content (AvgIpc) is 3.29. The quantitative estimate of drug-likeness (QED) is 0.254. The number of benzene rings is 2. The fraction of sp³-hybridized carbons (Fsp3) is 0.393. The van der Waals surface area contributed by atoms with Gasteiger partial charge in [-0.1, -0.05) is 25.5 Å². The molecule has 0 radical (unpaired) electrons. The molecule has 0 aliphatic rings. The monoisotopic (exact) mass is 502 g/mol. The molecule has 1 amide bonds. The van der Waals surface area contributed by atoms with E-state index in [0.717, 1.165) is 36.4 Å². The third-order valence-electron chi connectivity index (χ3n) is 5.82. The number of carbonyl (C=O) groups is 1. The van der Waals surface area contributed by atoms with Gasteiger partial charge in [-0.15, -0.1) is 0 Å². The van der Waals surface area contributed by atoms with Crippen LogP contribution in [0.1, 0.15) is 53.4 Å². The van der Waals surface area contributed by atoms with Crippen molar-refractivity contribution in [1.82, 2.24) is 9.47 Å². The second kappa shape index (κ2) is 13.2. The van der Waals surface area contributed by atoms with Crippen LogP contribution in [0.15, 0.2) is 66.9 Å². The van der Waals surface area contributed by atoms with Gasteiger partial charge in [0.25, 0.3) is 5.91 Å². The molecule has 0 bridgehead atoms. The molecule has 8 heteroatoms. The number of carbonyl (C=O) groups excluding carboxylic acids is 1. The van der Waals surface area contributed by atoms with Gasteiger partial charge in [0.2, 0.25) is 0 Å². The van der Waals surface area contributed by atoms with Crippen LogP contribution in [0.4, 0.5) is 13.2 Å². The molecule has 1 aromatic heterocycles. The van der Waals surface area contributed by atoms with Crippen molar-refractivity contribution < 1.29 is 27.4 Å². The molecule has 36 heavy (non-hydrogen) atoms. The Labute approximate surface area is 210 Å². The Morgan fingerprint density at radius 3 is 2.47 bits per heavy atom. The van der Waals surface area contributed by atoms with Gasteiger partial charge in [-0.05, 0) is 66.9 Å². The van der Waals surface area contributed by atoms with Crippen molar-refractivity contribution in [2.45, 2.75) is 45.5 Å². The Balaban J connectivity index is 1.75. The first-order chi connectivity index (χ1) is 17.3. The van der Waals surface area contributed by atoms with Crippen LogP contribution in [0.3, 0.4) is 0 Å². The summed E-state index contributed by atoms with van der Waals surface area (Å²) in [7, 11) is 1.61. The average molecular weight is 503 g/mol. The van der Waals surface area contributed by atoms with Crippen molar-refractivity contribution in [3.63, 3.8) is 0 Å². The zero-order valence-electron chi connectivity index (χ0n) is 20.8. The fourth-order valence-corrected chi connectivity index (χ4v) is 3.85. The Kier molecular flexibility index (Phi) is 9.99. The van der Waals surface area contributed by atoms with E-state index in [9.17, 15) is 18.0 Å². The molecular weight excluding hydrogens is 469 g/mol. The summed E-state index contributed by atoms with van der Waals surface area (Å²) in [6.07, 6.45) is 0.0952. The van der Waals surface area contributed by atoms with E-state index in [1.807, 2.05) is 22.9 Å². The van der Waals surface area contributed by atoms with E-state index in [2.05, 4.69) is 6.92 Å². The number of aromatic nitrogens is 1. The summed E-state index contributed by atoms with van der Waals surface area (Å²) in [6.45, 7) is 4.32. The Bertz CT molecular complexity index is 1090. The van der Waals surface area contributed by atoms with Crippen molar-refractivity contribution in [1.29, 1.82) is 0 Å². The van der Waals surface area contributed by atoms with Gasteiger partial charge in [-0.2, -0.15) is 13.2 Å². The predicted octanol–water partition coefficient (Wildman–Crippen LogP) is 6.41. The summed E-state index contributed by atoms with van der Waals surface area (Å²) >= 11 is 0. The number of hydrogen-bond acceptors (Lipinski definition) is 3. The highest BCUT2D eigenvalue weighted by Gasteiger charge is 2.30. The molecule has 194 valence electrons. The van der Waals surface area contributed by atoms with Gasteiger partial charge in [0, 0.05) is 44.3 Å². The highest BCUT2D eigenvalue weighted by atomic mass is 19.4. The van der Waals surface area contributed by atoms with Gasteiger partial charge in [0.15, 0.2) is 0 Å². The summed E-state index contributed by atoms with van der Waals surface area (Å²) in [6, 6.07) is 16.1. The first kappa shape index (κ1) is 27.3. The summed E-state index contributed by atoms with van der Waals surface area (Å²) < 4.78 is 52.1. The summed E-state index contributed by atoms with van der Waals surface area (Å²) in [4.78, 5) is 15.1. The molecule has 0 unspecified atom stereocenters. The van der Waals surface area contributed by atoms with Crippen molar-refractivity contribution >= 4 is 5.91 Å². The van der Waals surface area contributed by atoms with Crippen molar-refractivity contribution in [3.8, 4) is 5.75 Å². The van der Waals surface area contributed by atoms with Gasteiger partial charge in [-0.3, -0.25) is 4.79 Å². The largest absolute Gasteiger partial charge is 0.494 e. The topological polar surface area (TPSA) is 43.7 Å². The van der Waals surface area contributed by atoms with E-state index in [4.69, 9.17) is 9.47 Å². The van der Waals surface area contributed by atoms with E-state index < -0.39 is 11.7 Å². The van der Waals surface area contributed by atoms with E-state index in [0.29, 0.717) is 43.9 Å². The van der Waals surface area contributed by atoms with Crippen LogP contribution >= 0.6 is 0 Å². The van der Waals surface area contributed by atoms with Crippen LogP contribution in [-0.2, 0) is 24.0 Å². The van der Waals surface area contributed by atoms with Crippen LogP contribution in [-0.4, -0.2) is 42.2 Å². The number of unbranched alkanes of at least 4 members (excludes halogenated alkanes) is 1. The van der Waals surface area contributed by atoms with Crippen molar-refractivity contribution in [2.24, 2.45) is 0 Å². The van der Waals surface area contributed by atoms with E-state index in [-0.39, 0.29) is 12.5 Å². The van der Waals surface area contributed by atoms with Gasteiger partial charge < -0.3 is 18.9 Å². The molecule has 0 saturated heterocycles. The number of hydrogen-bond donors (Lipinski definition) is 0. The van der Waals surface area contributed by atoms with Gasteiger partial charge in [0.05, 0.1) is 18.7 Å². The second-order valence-corrected chi connectivity index (χ2v) is 8.63. The molecule has 2 aromatic carbocycles. The maximum absolute atomic E-state index is 13.4.